The van der Waals surface area contributed by atoms with Gasteiger partial charge in [0.2, 0.25) is 0 Å². The molecule has 0 spiro atoms. The zero-order valence-electron chi connectivity index (χ0n) is 7.53. The van der Waals surface area contributed by atoms with Gasteiger partial charge in [-0.3, -0.25) is 15.1 Å². The van der Waals surface area contributed by atoms with Gasteiger partial charge in [0, 0.05) is 0 Å². The topological polar surface area (TPSA) is 74.5 Å². The number of esters is 1. The minimum absolute atomic E-state index is 0.230. The second-order valence-corrected chi connectivity index (χ2v) is 2.75. The van der Waals surface area contributed by atoms with E-state index in [-0.39, 0.29) is 12.4 Å². The molecule has 0 aliphatic rings. The van der Waals surface area contributed by atoms with Crippen molar-refractivity contribution in [2.45, 2.75) is 6.42 Å². The summed E-state index contributed by atoms with van der Waals surface area (Å²) >= 11 is 1.32. The predicted molar refractivity (Wildman–Crippen MR) is 51.2 cm³/mol. The predicted octanol–water partition coefficient (Wildman–Crippen LogP) is 0.339. The lowest BCUT2D eigenvalue weighted by Gasteiger charge is -1.98. The van der Waals surface area contributed by atoms with Gasteiger partial charge in [0.15, 0.2) is 11.4 Å². The van der Waals surface area contributed by atoms with E-state index in [1.54, 1.807) is 12.4 Å². The third kappa shape index (κ3) is 5.99. The fourth-order valence-corrected chi connectivity index (χ4v) is 0.922. The minimum Gasteiger partial charge on any atom is -0.469 e. The Kier molecular flexibility index (Phi) is 6.73. The summed E-state index contributed by atoms with van der Waals surface area (Å²) in [6, 6.07) is 0. The summed E-state index contributed by atoms with van der Waals surface area (Å²) in [5, 5.41) is 11.2. The highest BCUT2D eigenvalue weighted by molar-refractivity contribution is 8.13. The average molecular weight is 201 g/mol. The van der Waals surface area contributed by atoms with E-state index in [0.29, 0.717) is 11.7 Å². The third-order valence-corrected chi connectivity index (χ3v) is 1.77. The molecule has 6 heteroatoms. The molecule has 0 amide bonds. The largest absolute Gasteiger partial charge is 0.469 e. The molecule has 5 nitrogen and oxygen atoms in total. The molecule has 0 atom stereocenters. The molecule has 1 N–H and O–H groups in total. The number of ether oxygens (including phenoxy) is 1. The molecule has 0 bridgehead atoms. The van der Waals surface area contributed by atoms with Crippen LogP contribution >= 0.6 is 11.8 Å². The van der Waals surface area contributed by atoms with Crippen molar-refractivity contribution in [1.82, 2.24) is 5.32 Å². The van der Waals surface area contributed by atoms with Gasteiger partial charge in [-0.15, -0.1) is 0 Å². The molecule has 0 aliphatic heterocycles. The van der Waals surface area contributed by atoms with Crippen molar-refractivity contribution in [2.24, 2.45) is 4.99 Å². The molecule has 0 saturated heterocycles. The van der Waals surface area contributed by atoms with Crippen LogP contribution < -0.4 is 5.32 Å². The van der Waals surface area contributed by atoms with E-state index in [4.69, 9.17) is 5.26 Å². The van der Waals surface area contributed by atoms with Crippen molar-refractivity contribution in [1.29, 1.82) is 5.26 Å². The van der Waals surface area contributed by atoms with E-state index in [1.165, 1.54) is 18.9 Å². The molecule has 0 aromatic carbocycles. The Bertz CT molecular complexity index is 234. The van der Waals surface area contributed by atoms with E-state index in [1.807, 2.05) is 0 Å². The first-order valence-electron chi connectivity index (χ1n) is 3.55. The van der Waals surface area contributed by atoms with Crippen LogP contribution in [0.3, 0.4) is 0 Å². The van der Waals surface area contributed by atoms with Gasteiger partial charge in [-0.2, -0.15) is 5.26 Å². The summed E-state index contributed by atoms with van der Waals surface area (Å²) in [7, 11) is 1.33. The van der Waals surface area contributed by atoms with Crippen molar-refractivity contribution < 1.29 is 9.53 Å². The summed E-state index contributed by atoms with van der Waals surface area (Å²) in [6.07, 6.45) is 3.78. The Morgan fingerprint density at radius 2 is 2.46 bits per heavy atom. The molecule has 0 aromatic rings. The van der Waals surface area contributed by atoms with Crippen LogP contribution in [0.15, 0.2) is 4.99 Å². The lowest BCUT2D eigenvalue weighted by molar-refractivity contribution is -0.140. The van der Waals surface area contributed by atoms with Gasteiger partial charge in [-0.05, 0) is 6.26 Å². The van der Waals surface area contributed by atoms with E-state index >= 15 is 0 Å². The van der Waals surface area contributed by atoms with Gasteiger partial charge in [0.1, 0.15) is 0 Å². The Hall–Kier alpha value is -1.22. The minimum atomic E-state index is -0.304. The van der Waals surface area contributed by atoms with Crippen LogP contribution in [-0.2, 0) is 9.53 Å². The van der Waals surface area contributed by atoms with E-state index in [2.05, 4.69) is 15.0 Å². The standard InChI is InChI=1S/C7H11N3O2S/c1-12-6(11)3-4-9-7(13-2)10-5-8/h3-4H2,1-2H3,(H,9,10). The summed E-state index contributed by atoms with van der Waals surface area (Å²) < 4.78 is 4.43. The number of aliphatic imine (C=N–C) groups is 1. The van der Waals surface area contributed by atoms with Crippen LogP contribution in [0.25, 0.3) is 0 Å². The maximum atomic E-state index is 10.7. The Balaban J connectivity index is 3.80. The van der Waals surface area contributed by atoms with Crippen molar-refractivity contribution in [3.8, 4) is 6.19 Å². The number of nitriles is 1. The summed E-state index contributed by atoms with van der Waals surface area (Å²) in [6.45, 7) is 0.331. The van der Waals surface area contributed by atoms with E-state index in [9.17, 15) is 4.79 Å². The highest BCUT2D eigenvalue weighted by Crippen LogP contribution is 1.95. The first kappa shape index (κ1) is 11.8. The normalized spacial score (nSPS) is 10.4. The molecule has 0 heterocycles. The maximum Gasteiger partial charge on any atom is 0.307 e. The molecule has 0 aliphatic carbocycles. The molecule has 0 unspecified atom stereocenters. The first-order valence-corrected chi connectivity index (χ1v) is 4.77. The van der Waals surface area contributed by atoms with Crippen LogP contribution in [0, 0.1) is 11.5 Å². The number of carbonyl (C=O) groups excluding carboxylic acids is 1. The van der Waals surface area contributed by atoms with Crippen molar-refractivity contribution >= 4 is 22.9 Å². The Labute approximate surface area is 81.2 Å². The van der Waals surface area contributed by atoms with Crippen molar-refractivity contribution in [3.05, 3.63) is 0 Å². The van der Waals surface area contributed by atoms with Gasteiger partial charge in [-0.1, -0.05) is 11.8 Å². The number of amidine groups is 1. The fraction of sp³-hybridized carbons (Fsp3) is 0.571. The maximum absolute atomic E-state index is 10.7. The van der Waals surface area contributed by atoms with Gasteiger partial charge >= 0.3 is 5.97 Å². The molecule has 0 radical (unpaired) electrons. The van der Waals surface area contributed by atoms with Crippen LogP contribution in [0.5, 0.6) is 0 Å². The fourth-order valence-electron chi connectivity index (χ4n) is 0.554. The zero-order valence-corrected chi connectivity index (χ0v) is 8.35. The van der Waals surface area contributed by atoms with Crippen LogP contribution in [-0.4, -0.2) is 31.0 Å². The Morgan fingerprint density at radius 3 is 2.92 bits per heavy atom. The number of hydrogen-bond donors (Lipinski definition) is 1. The third-order valence-electron chi connectivity index (χ3n) is 1.16. The van der Waals surface area contributed by atoms with Crippen LogP contribution in [0.1, 0.15) is 6.42 Å². The number of nitrogens with zero attached hydrogens (tertiary/aromatic N) is 2. The van der Waals surface area contributed by atoms with Gasteiger partial charge < -0.3 is 4.74 Å². The number of nitrogens with one attached hydrogen (secondary N) is 1. The number of thioether (sulfide) groups is 1. The van der Waals surface area contributed by atoms with Crippen LogP contribution in [0.4, 0.5) is 0 Å². The van der Waals surface area contributed by atoms with Gasteiger partial charge in [-0.25, -0.2) is 0 Å². The van der Waals surface area contributed by atoms with Gasteiger partial charge in [0.05, 0.1) is 20.1 Å². The molecular formula is C7H11N3O2S. The number of rotatable bonds is 3. The van der Waals surface area contributed by atoms with Gasteiger partial charge in [0.25, 0.3) is 0 Å². The second kappa shape index (κ2) is 7.43. The Morgan fingerprint density at radius 1 is 1.77 bits per heavy atom. The van der Waals surface area contributed by atoms with E-state index < -0.39 is 0 Å². The van der Waals surface area contributed by atoms with Crippen LogP contribution in [0.2, 0.25) is 0 Å². The highest BCUT2D eigenvalue weighted by atomic mass is 32.2. The molecular weight excluding hydrogens is 190 g/mol. The SMILES string of the molecule is COC(=O)CCN=C(NC#N)SC. The average Bonchev–Trinajstić information content (AvgIpc) is 2.16. The second-order valence-electron chi connectivity index (χ2n) is 1.95. The molecule has 13 heavy (non-hydrogen) atoms. The molecule has 72 valence electrons. The van der Waals surface area contributed by atoms with Crippen molar-refractivity contribution in [3.63, 3.8) is 0 Å². The summed E-state index contributed by atoms with van der Waals surface area (Å²) in [5.74, 6) is -0.304. The molecule has 0 rings (SSSR count). The van der Waals surface area contributed by atoms with E-state index in [0.717, 1.165) is 0 Å². The lowest BCUT2D eigenvalue weighted by atomic mass is 10.4. The summed E-state index contributed by atoms with van der Waals surface area (Å²) in [5.41, 5.74) is 0. The number of hydrogen-bond acceptors (Lipinski definition) is 5. The number of carbonyl (C=O) groups is 1. The zero-order chi connectivity index (χ0) is 10.1. The molecule has 0 aromatic heterocycles. The molecule has 0 fully saturated rings. The highest BCUT2D eigenvalue weighted by Gasteiger charge is 1.99. The monoisotopic (exact) mass is 201 g/mol. The quantitative estimate of drug-likeness (QED) is 0.234. The first-order chi connectivity index (χ1) is 6.24. The lowest BCUT2D eigenvalue weighted by Crippen LogP contribution is -2.14. The summed E-state index contributed by atoms with van der Waals surface area (Å²) in [4.78, 5) is 14.6. The smallest absolute Gasteiger partial charge is 0.307 e. The molecule has 0 saturated carbocycles. The van der Waals surface area contributed by atoms with Crippen molar-refractivity contribution in [2.75, 3.05) is 19.9 Å². The number of methoxy groups -OCH3 is 1.